The second kappa shape index (κ2) is 5.21. The minimum atomic E-state index is -0.227. The van der Waals surface area contributed by atoms with Crippen molar-refractivity contribution < 1.29 is 9.53 Å². The highest BCUT2D eigenvalue weighted by molar-refractivity contribution is 5.91. The van der Waals surface area contributed by atoms with Crippen LogP contribution >= 0.6 is 0 Å². The molecule has 92 valence electrons. The maximum absolute atomic E-state index is 11.9. The van der Waals surface area contributed by atoms with Crippen molar-refractivity contribution in [3.63, 3.8) is 0 Å². The summed E-state index contributed by atoms with van der Waals surface area (Å²) in [6.45, 7) is 2.44. The Hall–Kier alpha value is -1.51. The first kappa shape index (κ1) is 12.0. The Labute approximate surface area is 102 Å². The van der Waals surface area contributed by atoms with Crippen LogP contribution in [0.3, 0.4) is 0 Å². The van der Waals surface area contributed by atoms with Crippen LogP contribution in [0.4, 0.5) is 5.69 Å². The summed E-state index contributed by atoms with van der Waals surface area (Å²) in [7, 11) is 0. The molecule has 2 N–H and O–H groups in total. The van der Waals surface area contributed by atoms with Gasteiger partial charge in [-0.3, -0.25) is 0 Å². The fraction of sp³-hybridized carbons (Fsp3) is 0.500. The quantitative estimate of drug-likeness (QED) is 0.645. The van der Waals surface area contributed by atoms with E-state index in [0.717, 1.165) is 5.56 Å². The van der Waals surface area contributed by atoms with Crippen molar-refractivity contribution in [1.82, 2.24) is 0 Å². The molecule has 0 spiro atoms. The highest BCUT2D eigenvalue weighted by Crippen LogP contribution is 2.25. The molecule has 1 aromatic carbocycles. The smallest absolute Gasteiger partial charge is 0.338 e. The summed E-state index contributed by atoms with van der Waals surface area (Å²) in [5.74, 6) is 0.336. The van der Waals surface area contributed by atoms with Crippen molar-refractivity contribution >= 4 is 11.7 Å². The molecule has 0 atom stereocenters. The van der Waals surface area contributed by atoms with Gasteiger partial charge in [0.15, 0.2) is 0 Å². The molecule has 0 bridgehead atoms. The van der Waals surface area contributed by atoms with Crippen LogP contribution in [0.2, 0.25) is 0 Å². The largest absolute Gasteiger partial charge is 0.462 e. The first-order chi connectivity index (χ1) is 8.16. The molecule has 0 aromatic heterocycles. The number of ether oxygens (including phenoxy) is 1. The summed E-state index contributed by atoms with van der Waals surface area (Å²) in [6.07, 6.45) is 4.91. The van der Waals surface area contributed by atoms with Crippen LogP contribution in [-0.2, 0) is 4.74 Å². The van der Waals surface area contributed by atoms with Gasteiger partial charge in [0.2, 0.25) is 0 Å². The summed E-state index contributed by atoms with van der Waals surface area (Å²) >= 11 is 0. The molecule has 1 aliphatic rings. The molecular formula is C14H19NO2. The second-order valence-electron chi connectivity index (χ2n) is 4.82. The average molecular weight is 233 g/mol. The molecule has 3 nitrogen and oxygen atoms in total. The lowest BCUT2D eigenvalue weighted by Gasteiger charge is -2.11. The molecule has 0 saturated heterocycles. The van der Waals surface area contributed by atoms with E-state index in [4.69, 9.17) is 10.5 Å². The second-order valence-corrected chi connectivity index (χ2v) is 4.82. The van der Waals surface area contributed by atoms with Crippen molar-refractivity contribution in [2.45, 2.75) is 32.6 Å². The number of nitrogen functional groups attached to an aromatic ring is 1. The van der Waals surface area contributed by atoms with Gasteiger partial charge in [-0.2, -0.15) is 0 Å². The molecule has 0 heterocycles. The van der Waals surface area contributed by atoms with E-state index >= 15 is 0 Å². The molecule has 1 aromatic rings. The van der Waals surface area contributed by atoms with E-state index in [1.807, 2.05) is 6.92 Å². The first-order valence-corrected chi connectivity index (χ1v) is 6.20. The molecule has 1 fully saturated rings. The number of aryl methyl sites for hydroxylation is 1. The lowest BCUT2D eigenvalue weighted by atomic mass is 10.1. The fourth-order valence-electron chi connectivity index (χ4n) is 2.36. The van der Waals surface area contributed by atoms with Crippen molar-refractivity contribution in [2.24, 2.45) is 5.92 Å². The van der Waals surface area contributed by atoms with E-state index in [0.29, 0.717) is 23.8 Å². The lowest BCUT2D eigenvalue weighted by Crippen LogP contribution is -2.13. The van der Waals surface area contributed by atoms with Crippen molar-refractivity contribution in [3.8, 4) is 0 Å². The van der Waals surface area contributed by atoms with E-state index in [9.17, 15) is 4.79 Å². The molecule has 17 heavy (non-hydrogen) atoms. The lowest BCUT2D eigenvalue weighted by molar-refractivity contribution is 0.0442. The third kappa shape index (κ3) is 2.99. The zero-order chi connectivity index (χ0) is 12.3. The maximum Gasteiger partial charge on any atom is 0.338 e. The molecule has 1 saturated carbocycles. The molecule has 3 heteroatoms. The van der Waals surface area contributed by atoms with Crippen molar-refractivity contribution in [2.75, 3.05) is 12.3 Å². The Kier molecular flexibility index (Phi) is 3.67. The van der Waals surface area contributed by atoms with Gasteiger partial charge >= 0.3 is 5.97 Å². The first-order valence-electron chi connectivity index (χ1n) is 6.20. The number of benzene rings is 1. The molecule has 1 aliphatic carbocycles. The Bertz CT molecular complexity index is 409. The van der Waals surface area contributed by atoms with Gasteiger partial charge in [0.05, 0.1) is 12.2 Å². The van der Waals surface area contributed by atoms with Gasteiger partial charge in [-0.05, 0) is 49.4 Å². The van der Waals surface area contributed by atoms with Gasteiger partial charge in [-0.1, -0.05) is 12.8 Å². The molecule has 2 rings (SSSR count). The van der Waals surface area contributed by atoms with Crippen LogP contribution in [0, 0.1) is 12.8 Å². The minimum Gasteiger partial charge on any atom is -0.462 e. The van der Waals surface area contributed by atoms with E-state index in [1.54, 1.807) is 18.2 Å². The topological polar surface area (TPSA) is 52.3 Å². The Morgan fingerprint density at radius 3 is 2.76 bits per heavy atom. The number of carbonyl (C=O) groups is 1. The van der Waals surface area contributed by atoms with E-state index in [1.165, 1.54) is 25.7 Å². The Morgan fingerprint density at radius 1 is 1.41 bits per heavy atom. The summed E-state index contributed by atoms with van der Waals surface area (Å²) in [4.78, 5) is 11.9. The van der Waals surface area contributed by atoms with Crippen LogP contribution in [0.25, 0.3) is 0 Å². The van der Waals surface area contributed by atoms with Crippen LogP contribution < -0.4 is 5.73 Å². The Balaban J connectivity index is 1.94. The molecule has 0 amide bonds. The van der Waals surface area contributed by atoms with Crippen molar-refractivity contribution in [3.05, 3.63) is 29.3 Å². The number of hydrogen-bond donors (Lipinski definition) is 1. The average Bonchev–Trinajstić information content (AvgIpc) is 2.78. The van der Waals surface area contributed by atoms with Gasteiger partial charge in [0.1, 0.15) is 0 Å². The normalized spacial score (nSPS) is 16.1. The third-order valence-corrected chi connectivity index (χ3v) is 3.40. The molecule has 0 aliphatic heterocycles. The number of rotatable bonds is 3. The van der Waals surface area contributed by atoms with E-state index in [2.05, 4.69) is 0 Å². The summed E-state index contributed by atoms with van der Waals surface area (Å²) < 4.78 is 5.35. The van der Waals surface area contributed by atoms with Crippen molar-refractivity contribution in [1.29, 1.82) is 0 Å². The highest BCUT2D eigenvalue weighted by Gasteiger charge is 2.18. The van der Waals surface area contributed by atoms with Crippen LogP contribution in [0.1, 0.15) is 41.6 Å². The number of esters is 1. The zero-order valence-corrected chi connectivity index (χ0v) is 10.2. The van der Waals surface area contributed by atoms with E-state index in [-0.39, 0.29) is 5.97 Å². The number of hydrogen-bond acceptors (Lipinski definition) is 3. The number of carbonyl (C=O) groups excluding carboxylic acids is 1. The summed E-state index contributed by atoms with van der Waals surface area (Å²) in [6, 6.07) is 5.27. The summed E-state index contributed by atoms with van der Waals surface area (Å²) in [5.41, 5.74) is 7.82. The number of nitrogens with two attached hydrogens (primary N) is 1. The van der Waals surface area contributed by atoms with Crippen LogP contribution in [0.5, 0.6) is 0 Å². The highest BCUT2D eigenvalue weighted by atomic mass is 16.5. The number of anilines is 1. The molecule has 0 radical (unpaired) electrons. The van der Waals surface area contributed by atoms with Gasteiger partial charge < -0.3 is 10.5 Å². The zero-order valence-electron chi connectivity index (χ0n) is 10.2. The van der Waals surface area contributed by atoms with Crippen LogP contribution in [-0.4, -0.2) is 12.6 Å². The molecular weight excluding hydrogens is 214 g/mol. The van der Waals surface area contributed by atoms with Gasteiger partial charge in [-0.25, -0.2) is 4.79 Å². The predicted molar refractivity (Wildman–Crippen MR) is 67.8 cm³/mol. The fourth-order valence-corrected chi connectivity index (χ4v) is 2.36. The molecule has 0 unspecified atom stereocenters. The summed E-state index contributed by atoms with van der Waals surface area (Å²) in [5, 5.41) is 0. The van der Waals surface area contributed by atoms with E-state index < -0.39 is 0 Å². The Morgan fingerprint density at radius 2 is 2.12 bits per heavy atom. The third-order valence-electron chi connectivity index (χ3n) is 3.40. The van der Waals surface area contributed by atoms with Gasteiger partial charge in [0, 0.05) is 5.69 Å². The van der Waals surface area contributed by atoms with Gasteiger partial charge in [0.25, 0.3) is 0 Å². The van der Waals surface area contributed by atoms with Gasteiger partial charge in [-0.15, -0.1) is 0 Å². The predicted octanol–water partition coefficient (Wildman–Crippen LogP) is 2.92. The standard InChI is InChI=1S/C14H19NO2/c1-10-8-12(15)6-7-13(10)14(16)17-9-11-4-2-3-5-11/h6-8,11H,2-5,9,15H2,1H3. The maximum atomic E-state index is 11.9. The van der Waals surface area contributed by atoms with Crippen LogP contribution in [0.15, 0.2) is 18.2 Å². The minimum absolute atomic E-state index is 0.227. The monoisotopic (exact) mass is 233 g/mol. The SMILES string of the molecule is Cc1cc(N)ccc1C(=O)OCC1CCCC1.